The van der Waals surface area contributed by atoms with Crippen molar-refractivity contribution in [3.05, 3.63) is 40.5 Å². The lowest BCUT2D eigenvalue weighted by molar-refractivity contribution is 0.591. The largest absolute Gasteiger partial charge is 0.252 e. The number of rotatable bonds is 1. The smallest absolute Gasteiger partial charge is 0.0720 e. The normalized spacial score (nSPS) is 12.4. The second-order valence-electron chi connectivity index (χ2n) is 6.17. The Morgan fingerprint density at radius 1 is 1.11 bits per heavy atom. The van der Waals surface area contributed by atoms with Gasteiger partial charge in [0.05, 0.1) is 10.5 Å². The van der Waals surface area contributed by atoms with E-state index in [9.17, 15) is 0 Å². The molecule has 2 heteroatoms. The minimum absolute atomic E-state index is 0.133. The number of aromatic nitrogens is 1. The molecule has 0 atom stereocenters. The van der Waals surface area contributed by atoms with E-state index in [1.165, 1.54) is 5.56 Å². The van der Waals surface area contributed by atoms with Crippen molar-refractivity contribution in [2.24, 2.45) is 0 Å². The lowest BCUT2D eigenvalue weighted by atomic mass is 9.86. The Bertz CT molecular complexity index is 579. The average molecular weight is 262 g/mol. The van der Waals surface area contributed by atoms with E-state index >= 15 is 0 Å². The lowest BCUT2D eigenvalue weighted by Crippen LogP contribution is -2.10. The van der Waals surface area contributed by atoms with Gasteiger partial charge < -0.3 is 0 Å². The highest BCUT2D eigenvalue weighted by molar-refractivity contribution is 6.35. The molecule has 2 rings (SSSR count). The van der Waals surface area contributed by atoms with Crippen LogP contribution < -0.4 is 0 Å². The topological polar surface area (TPSA) is 12.9 Å². The fourth-order valence-electron chi connectivity index (χ4n) is 1.97. The predicted octanol–water partition coefficient (Wildman–Crippen LogP) is 5.31. The molecule has 0 saturated carbocycles. The van der Waals surface area contributed by atoms with Gasteiger partial charge in [0.2, 0.25) is 0 Å². The Labute approximate surface area is 114 Å². The molecule has 0 spiro atoms. The molecule has 0 aliphatic rings. The molecule has 0 radical (unpaired) electrons. The van der Waals surface area contributed by atoms with Gasteiger partial charge in [-0.05, 0) is 35.1 Å². The van der Waals surface area contributed by atoms with Gasteiger partial charge in [0.25, 0.3) is 0 Å². The highest BCUT2D eigenvalue weighted by Crippen LogP contribution is 2.30. The van der Waals surface area contributed by atoms with Gasteiger partial charge >= 0.3 is 0 Å². The molecule has 0 N–H and O–H groups in total. The van der Waals surface area contributed by atoms with E-state index in [-0.39, 0.29) is 5.41 Å². The summed E-state index contributed by atoms with van der Waals surface area (Å²) in [6, 6.07) is 8.37. The zero-order chi connectivity index (χ0) is 13.5. The number of fused-ring (bicyclic) bond motifs is 1. The van der Waals surface area contributed by atoms with Crippen molar-refractivity contribution in [2.75, 3.05) is 0 Å². The van der Waals surface area contributed by atoms with Crippen LogP contribution >= 0.6 is 11.6 Å². The number of pyridine rings is 1. The van der Waals surface area contributed by atoms with E-state index in [1.54, 1.807) is 0 Å². The SMILES string of the molecule is CC(C)c1cc(Cl)c2cc(C(C)(C)C)ccc2n1. The van der Waals surface area contributed by atoms with Crippen LogP contribution in [0.2, 0.25) is 5.02 Å². The molecule has 0 amide bonds. The van der Waals surface area contributed by atoms with Crippen molar-refractivity contribution in [3.8, 4) is 0 Å². The van der Waals surface area contributed by atoms with E-state index < -0.39 is 0 Å². The Morgan fingerprint density at radius 3 is 2.33 bits per heavy atom. The molecule has 0 bridgehead atoms. The summed E-state index contributed by atoms with van der Waals surface area (Å²) in [6.07, 6.45) is 0. The molecule has 0 aliphatic carbocycles. The highest BCUT2D eigenvalue weighted by Gasteiger charge is 2.15. The standard InChI is InChI=1S/C16H20ClN/c1-10(2)15-9-13(17)12-8-11(16(3,4)5)6-7-14(12)18-15/h6-10H,1-5H3. The molecule has 18 heavy (non-hydrogen) atoms. The van der Waals surface area contributed by atoms with Crippen LogP contribution in [0.15, 0.2) is 24.3 Å². The van der Waals surface area contributed by atoms with Gasteiger partial charge in [-0.1, -0.05) is 52.3 Å². The molecule has 0 unspecified atom stereocenters. The molecule has 0 fully saturated rings. The molecule has 0 aliphatic heterocycles. The van der Waals surface area contributed by atoms with E-state index in [1.807, 2.05) is 6.07 Å². The lowest BCUT2D eigenvalue weighted by Gasteiger charge is -2.20. The summed E-state index contributed by atoms with van der Waals surface area (Å²) in [6.45, 7) is 10.9. The Balaban J connectivity index is 2.66. The second kappa shape index (κ2) is 4.55. The van der Waals surface area contributed by atoms with E-state index in [2.05, 4.69) is 57.8 Å². The first-order valence-electron chi connectivity index (χ1n) is 6.39. The molecule has 1 heterocycles. The number of hydrogen-bond donors (Lipinski definition) is 0. The quantitative estimate of drug-likeness (QED) is 0.678. The highest BCUT2D eigenvalue weighted by atomic mass is 35.5. The molecular formula is C16H20ClN. The summed E-state index contributed by atoms with van der Waals surface area (Å²) in [5.41, 5.74) is 3.46. The fourth-order valence-corrected chi connectivity index (χ4v) is 2.23. The van der Waals surface area contributed by atoms with Crippen molar-refractivity contribution >= 4 is 22.5 Å². The maximum absolute atomic E-state index is 6.39. The van der Waals surface area contributed by atoms with Crippen LogP contribution in [0.4, 0.5) is 0 Å². The summed E-state index contributed by atoms with van der Waals surface area (Å²) >= 11 is 6.39. The third kappa shape index (κ3) is 2.51. The third-order valence-electron chi connectivity index (χ3n) is 3.24. The second-order valence-corrected chi connectivity index (χ2v) is 6.57. The van der Waals surface area contributed by atoms with Crippen LogP contribution in [0.1, 0.15) is 51.8 Å². The zero-order valence-corrected chi connectivity index (χ0v) is 12.5. The number of halogens is 1. The summed E-state index contributed by atoms with van der Waals surface area (Å²) in [5.74, 6) is 0.397. The Hall–Kier alpha value is -1.08. The summed E-state index contributed by atoms with van der Waals surface area (Å²) < 4.78 is 0. The minimum Gasteiger partial charge on any atom is -0.252 e. The molecule has 0 saturated heterocycles. The third-order valence-corrected chi connectivity index (χ3v) is 3.55. The maximum atomic E-state index is 6.39. The Morgan fingerprint density at radius 2 is 1.78 bits per heavy atom. The van der Waals surface area contributed by atoms with Crippen LogP contribution in [-0.4, -0.2) is 4.98 Å². The minimum atomic E-state index is 0.133. The van der Waals surface area contributed by atoms with Gasteiger partial charge in [-0.15, -0.1) is 0 Å². The van der Waals surface area contributed by atoms with Crippen molar-refractivity contribution in [2.45, 2.75) is 46.0 Å². The molecule has 2 aromatic rings. The summed E-state index contributed by atoms with van der Waals surface area (Å²) in [5, 5.41) is 1.85. The molecule has 96 valence electrons. The fraction of sp³-hybridized carbons (Fsp3) is 0.438. The number of nitrogens with zero attached hydrogens (tertiary/aromatic N) is 1. The van der Waals surface area contributed by atoms with Gasteiger partial charge in [0.1, 0.15) is 0 Å². The zero-order valence-electron chi connectivity index (χ0n) is 11.7. The average Bonchev–Trinajstić information content (AvgIpc) is 2.27. The first kappa shape index (κ1) is 13.4. The van der Waals surface area contributed by atoms with E-state index in [0.29, 0.717) is 5.92 Å². The van der Waals surface area contributed by atoms with Gasteiger partial charge in [0, 0.05) is 11.1 Å². The van der Waals surface area contributed by atoms with Crippen molar-refractivity contribution in [1.82, 2.24) is 4.98 Å². The Kier molecular flexibility index (Phi) is 3.37. The van der Waals surface area contributed by atoms with E-state index in [4.69, 9.17) is 11.6 Å². The first-order valence-corrected chi connectivity index (χ1v) is 6.77. The van der Waals surface area contributed by atoms with Crippen molar-refractivity contribution < 1.29 is 0 Å². The predicted molar refractivity (Wildman–Crippen MR) is 79.5 cm³/mol. The van der Waals surface area contributed by atoms with Crippen LogP contribution in [0.25, 0.3) is 10.9 Å². The molecular weight excluding hydrogens is 242 g/mol. The van der Waals surface area contributed by atoms with Crippen LogP contribution in [0.5, 0.6) is 0 Å². The van der Waals surface area contributed by atoms with Gasteiger partial charge in [-0.2, -0.15) is 0 Å². The summed E-state index contributed by atoms with van der Waals surface area (Å²) in [4.78, 5) is 4.67. The summed E-state index contributed by atoms with van der Waals surface area (Å²) in [7, 11) is 0. The molecule has 1 nitrogen and oxygen atoms in total. The molecule has 1 aromatic heterocycles. The van der Waals surface area contributed by atoms with Gasteiger partial charge in [-0.3, -0.25) is 4.98 Å². The van der Waals surface area contributed by atoms with Crippen LogP contribution in [-0.2, 0) is 5.41 Å². The maximum Gasteiger partial charge on any atom is 0.0720 e. The van der Waals surface area contributed by atoms with E-state index in [0.717, 1.165) is 21.6 Å². The number of benzene rings is 1. The van der Waals surface area contributed by atoms with Crippen LogP contribution in [0.3, 0.4) is 0 Å². The van der Waals surface area contributed by atoms with Gasteiger partial charge in [0.15, 0.2) is 0 Å². The van der Waals surface area contributed by atoms with Crippen molar-refractivity contribution in [1.29, 1.82) is 0 Å². The molecule has 1 aromatic carbocycles. The van der Waals surface area contributed by atoms with Gasteiger partial charge in [-0.25, -0.2) is 0 Å². The number of hydrogen-bond acceptors (Lipinski definition) is 1. The first-order chi connectivity index (χ1) is 8.29. The van der Waals surface area contributed by atoms with Crippen molar-refractivity contribution in [3.63, 3.8) is 0 Å². The monoisotopic (exact) mass is 261 g/mol. The van der Waals surface area contributed by atoms with Crippen LogP contribution in [0, 0.1) is 0 Å².